The summed E-state index contributed by atoms with van der Waals surface area (Å²) in [5.41, 5.74) is -1.04. The van der Waals surface area contributed by atoms with Gasteiger partial charge in [-0.05, 0) is 24.3 Å². The Morgan fingerprint density at radius 1 is 1.11 bits per heavy atom. The summed E-state index contributed by atoms with van der Waals surface area (Å²) in [7, 11) is 0. The molecule has 18 heavy (non-hydrogen) atoms. The fourth-order valence-corrected chi connectivity index (χ4v) is 2.69. The number of rotatable bonds is 1. The van der Waals surface area contributed by atoms with E-state index in [1.54, 1.807) is 0 Å². The summed E-state index contributed by atoms with van der Waals surface area (Å²) in [4.78, 5) is 39.0. The van der Waals surface area contributed by atoms with Crippen molar-refractivity contribution in [2.45, 2.75) is 31.6 Å². The number of nitrogens with one attached hydrogen (secondary N) is 2. The minimum Gasteiger partial charge on any atom is -0.405 e. The van der Waals surface area contributed by atoms with Crippen molar-refractivity contribution >= 4 is 11.1 Å². The first-order valence-electron chi connectivity index (χ1n) is 5.95. The molecule has 0 aromatic carbocycles. The molecule has 1 fully saturated rings. The van der Waals surface area contributed by atoms with E-state index in [4.69, 9.17) is 4.42 Å². The predicted molar refractivity (Wildman–Crippen MR) is 64.9 cm³/mol. The van der Waals surface area contributed by atoms with E-state index < -0.39 is 16.9 Å². The summed E-state index contributed by atoms with van der Waals surface area (Å²) in [6.45, 7) is 0. The van der Waals surface area contributed by atoms with Crippen LogP contribution < -0.4 is 16.9 Å². The molecule has 1 aliphatic rings. The Hall–Kier alpha value is -2.11. The maximum Gasteiger partial charge on any atom is 0.337 e. The number of hydrogen-bond acceptors (Lipinski definition) is 4. The van der Waals surface area contributed by atoms with Crippen LogP contribution in [0.3, 0.4) is 0 Å². The van der Waals surface area contributed by atoms with Gasteiger partial charge in [0, 0.05) is 6.07 Å². The molecule has 2 N–H and O–H groups in total. The third-order valence-corrected chi connectivity index (χ3v) is 3.47. The summed E-state index contributed by atoms with van der Waals surface area (Å²) in [6.07, 6.45) is 4.09. The molecule has 0 unspecified atom stereocenters. The zero-order valence-corrected chi connectivity index (χ0v) is 9.62. The molecule has 0 aliphatic heterocycles. The molecule has 0 bridgehead atoms. The maximum absolute atomic E-state index is 11.9. The van der Waals surface area contributed by atoms with Crippen LogP contribution in [0.5, 0.6) is 0 Å². The molecule has 1 aliphatic carbocycles. The van der Waals surface area contributed by atoms with Crippen LogP contribution >= 0.6 is 0 Å². The van der Waals surface area contributed by atoms with E-state index in [0.717, 1.165) is 25.7 Å². The third kappa shape index (κ3) is 1.70. The molecule has 3 rings (SSSR count). The fourth-order valence-electron chi connectivity index (χ4n) is 2.69. The molecule has 94 valence electrons. The van der Waals surface area contributed by atoms with E-state index in [9.17, 15) is 14.4 Å². The summed E-state index contributed by atoms with van der Waals surface area (Å²) in [5, 5.41) is 0.293. The second kappa shape index (κ2) is 3.97. The van der Waals surface area contributed by atoms with Crippen LogP contribution in [0, 0.1) is 0 Å². The van der Waals surface area contributed by atoms with E-state index in [1.807, 2.05) is 0 Å². The van der Waals surface area contributed by atoms with Gasteiger partial charge in [0.15, 0.2) is 0 Å². The van der Waals surface area contributed by atoms with Gasteiger partial charge in [-0.1, -0.05) is 12.8 Å². The third-order valence-electron chi connectivity index (χ3n) is 3.47. The van der Waals surface area contributed by atoms with Crippen molar-refractivity contribution in [3.8, 4) is 0 Å². The van der Waals surface area contributed by atoms with Gasteiger partial charge in [-0.25, -0.2) is 9.59 Å². The number of aromatic amines is 2. The highest BCUT2D eigenvalue weighted by Gasteiger charge is 2.22. The average molecular weight is 248 g/mol. The lowest BCUT2D eigenvalue weighted by Gasteiger charge is -2.10. The molecule has 2 aromatic heterocycles. The van der Waals surface area contributed by atoms with Gasteiger partial charge < -0.3 is 4.42 Å². The Morgan fingerprint density at radius 3 is 2.56 bits per heavy atom. The Bertz CT molecular complexity index is 757. The lowest BCUT2D eigenvalue weighted by Crippen LogP contribution is -2.24. The molecule has 0 saturated heterocycles. The largest absolute Gasteiger partial charge is 0.405 e. The molecular formula is C12H12N2O4. The van der Waals surface area contributed by atoms with Gasteiger partial charge in [-0.3, -0.25) is 14.8 Å². The highest BCUT2D eigenvalue weighted by molar-refractivity contribution is 5.76. The minimum atomic E-state index is -0.667. The number of aromatic nitrogens is 2. The van der Waals surface area contributed by atoms with Gasteiger partial charge in [0.05, 0.1) is 0 Å². The quantitative estimate of drug-likeness (QED) is 0.781. The van der Waals surface area contributed by atoms with Crippen molar-refractivity contribution in [3.63, 3.8) is 0 Å². The Kier molecular flexibility index (Phi) is 2.43. The molecule has 0 amide bonds. The SMILES string of the molecule is O=c1[nH]c(=O)c2c(C3CCCC3)cc(=O)oc2[nH]1. The van der Waals surface area contributed by atoms with Crippen molar-refractivity contribution < 1.29 is 4.42 Å². The lowest BCUT2D eigenvalue weighted by atomic mass is 9.96. The van der Waals surface area contributed by atoms with E-state index in [0.29, 0.717) is 10.9 Å². The van der Waals surface area contributed by atoms with E-state index in [2.05, 4.69) is 9.97 Å². The van der Waals surface area contributed by atoms with Gasteiger partial charge in [-0.2, -0.15) is 0 Å². The zero-order valence-electron chi connectivity index (χ0n) is 9.62. The highest BCUT2D eigenvalue weighted by atomic mass is 16.4. The van der Waals surface area contributed by atoms with Gasteiger partial charge >= 0.3 is 11.3 Å². The van der Waals surface area contributed by atoms with Crippen molar-refractivity contribution in [2.75, 3.05) is 0 Å². The molecule has 2 heterocycles. The normalized spacial score (nSPS) is 16.4. The summed E-state index contributed by atoms with van der Waals surface area (Å²) < 4.78 is 4.89. The van der Waals surface area contributed by atoms with Crippen LogP contribution in [-0.2, 0) is 0 Å². The number of fused-ring (bicyclic) bond motifs is 1. The van der Waals surface area contributed by atoms with Crippen LogP contribution in [0.15, 0.2) is 24.9 Å². The van der Waals surface area contributed by atoms with Crippen LogP contribution in [0.2, 0.25) is 0 Å². The van der Waals surface area contributed by atoms with Crippen molar-refractivity contribution in [2.24, 2.45) is 0 Å². The van der Waals surface area contributed by atoms with Gasteiger partial charge in [-0.15, -0.1) is 0 Å². The topological polar surface area (TPSA) is 95.9 Å². The first-order chi connectivity index (χ1) is 8.65. The average Bonchev–Trinajstić information content (AvgIpc) is 2.79. The van der Waals surface area contributed by atoms with E-state index >= 15 is 0 Å². The fraction of sp³-hybridized carbons (Fsp3) is 0.417. The first kappa shape index (κ1) is 11.0. The molecule has 1 saturated carbocycles. The molecular weight excluding hydrogens is 236 g/mol. The van der Waals surface area contributed by atoms with Crippen molar-refractivity contribution in [3.05, 3.63) is 42.9 Å². The van der Waals surface area contributed by atoms with E-state index in [-0.39, 0.29) is 11.6 Å². The standard InChI is InChI=1S/C12H12N2O4/c15-8-5-7(6-3-1-2-4-6)9-10(16)13-12(17)14-11(9)18-8/h5-6H,1-4H2,(H2,13,14,16,17). The highest BCUT2D eigenvalue weighted by Crippen LogP contribution is 2.35. The zero-order chi connectivity index (χ0) is 12.7. The number of H-pyrrole nitrogens is 2. The Morgan fingerprint density at radius 2 is 1.83 bits per heavy atom. The first-order valence-corrected chi connectivity index (χ1v) is 5.95. The van der Waals surface area contributed by atoms with Gasteiger partial charge in [0.1, 0.15) is 5.39 Å². The van der Waals surface area contributed by atoms with Crippen molar-refractivity contribution in [1.82, 2.24) is 9.97 Å². The maximum atomic E-state index is 11.9. The molecule has 0 radical (unpaired) electrons. The van der Waals surface area contributed by atoms with Gasteiger partial charge in [0.25, 0.3) is 5.56 Å². The molecule has 6 nitrogen and oxygen atoms in total. The summed E-state index contributed by atoms with van der Waals surface area (Å²) >= 11 is 0. The van der Waals surface area contributed by atoms with Gasteiger partial charge in [0.2, 0.25) is 5.71 Å². The number of hydrogen-bond donors (Lipinski definition) is 2. The predicted octanol–water partition coefficient (Wildman–Crippen LogP) is 0.827. The van der Waals surface area contributed by atoms with Crippen molar-refractivity contribution in [1.29, 1.82) is 0 Å². The van der Waals surface area contributed by atoms with Crippen LogP contribution in [0.25, 0.3) is 11.1 Å². The Balaban J connectivity index is 2.39. The minimum absolute atomic E-state index is 0.0295. The molecule has 0 atom stereocenters. The van der Waals surface area contributed by atoms with Crippen LogP contribution in [-0.4, -0.2) is 9.97 Å². The molecule has 2 aromatic rings. The second-order valence-corrected chi connectivity index (χ2v) is 4.61. The van der Waals surface area contributed by atoms with Crippen LogP contribution in [0.1, 0.15) is 37.2 Å². The molecule has 0 spiro atoms. The second-order valence-electron chi connectivity index (χ2n) is 4.61. The Labute approximate surface area is 101 Å². The monoisotopic (exact) mass is 248 g/mol. The van der Waals surface area contributed by atoms with E-state index in [1.165, 1.54) is 6.07 Å². The summed E-state index contributed by atoms with van der Waals surface area (Å²) in [5.74, 6) is 0.198. The summed E-state index contributed by atoms with van der Waals surface area (Å²) in [6, 6.07) is 1.37. The lowest BCUT2D eigenvalue weighted by molar-refractivity contribution is 0.541. The smallest absolute Gasteiger partial charge is 0.337 e. The van der Waals surface area contributed by atoms with Crippen LogP contribution in [0.4, 0.5) is 0 Å². The molecule has 6 heteroatoms.